The molecule has 4 aromatic carbocycles. The Balaban J connectivity index is 0.000000517. The van der Waals surface area contributed by atoms with Crippen LogP contribution in [0.3, 0.4) is 0 Å². The van der Waals surface area contributed by atoms with Crippen LogP contribution >= 0.6 is 0 Å². The Morgan fingerprint density at radius 2 is 1.50 bits per heavy atom. The summed E-state index contributed by atoms with van der Waals surface area (Å²) in [6, 6.07) is 19.8. The van der Waals surface area contributed by atoms with Gasteiger partial charge < -0.3 is 35.5 Å². The van der Waals surface area contributed by atoms with E-state index in [2.05, 4.69) is 5.32 Å². The van der Waals surface area contributed by atoms with Crippen LogP contribution in [0.5, 0.6) is 23.0 Å². The minimum atomic E-state index is -5.08. The molecule has 14 heteroatoms. The lowest BCUT2D eigenvalue weighted by Crippen LogP contribution is -2.21. The monoisotopic (exact) mass is 583 g/mol. The number of benzene rings is 4. The van der Waals surface area contributed by atoms with Crippen molar-refractivity contribution in [2.75, 3.05) is 12.1 Å². The van der Waals surface area contributed by atoms with Crippen molar-refractivity contribution in [1.82, 2.24) is 0 Å². The first kappa shape index (κ1) is 29.2. The van der Waals surface area contributed by atoms with E-state index in [4.69, 9.17) is 35.3 Å². The second-order valence-electron chi connectivity index (χ2n) is 8.58. The molecule has 42 heavy (non-hydrogen) atoms. The Morgan fingerprint density at radius 1 is 0.857 bits per heavy atom. The number of hydrogen-bond acceptors (Lipinski definition) is 7. The number of carbonyl (C=O) groups excluding carboxylic acids is 1. The fraction of sp³-hybridized carbons (Fsp3) is 0.0714. The predicted octanol–water partition coefficient (Wildman–Crippen LogP) is 5.23. The third-order valence-electron chi connectivity index (χ3n) is 5.70. The van der Waals surface area contributed by atoms with Gasteiger partial charge in [-0.1, -0.05) is 18.2 Å². The van der Waals surface area contributed by atoms with Gasteiger partial charge >= 0.3 is 18.1 Å². The van der Waals surface area contributed by atoms with Gasteiger partial charge in [-0.2, -0.15) is 13.2 Å². The molecule has 216 valence electrons. The fourth-order valence-electron chi connectivity index (χ4n) is 3.69. The van der Waals surface area contributed by atoms with Crippen LogP contribution in [-0.2, 0) is 4.79 Å². The SMILES string of the molecule is N=C(N)c1ccc2cc(Oc3ccc(NC(=O)c4ccc5c(c4)OCO5)cc3C(=O)O)ccc2c1.O=C(O)C(F)(F)F. The van der Waals surface area contributed by atoms with Crippen LogP contribution in [0.25, 0.3) is 10.8 Å². The molecule has 11 nitrogen and oxygen atoms in total. The number of amidine groups is 1. The average molecular weight is 583 g/mol. The highest BCUT2D eigenvalue weighted by Gasteiger charge is 2.38. The van der Waals surface area contributed by atoms with E-state index in [1.165, 1.54) is 12.1 Å². The summed E-state index contributed by atoms with van der Waals surface area (Å²) >= 11 is 0. The van der Waals surface area contributed by atoms with E-state index in [9.17, 15) is 27.9 Å². The quantitative estimate of drug-likeness (QED) is 0.150. The van der Waals surface area contributed by atoms with Gasteiger partial charge in [0.15, 0.2) is 11.5 Å². The number of carboxylic acids is 2. The van der Waals surface area contributed by atoms with Gasteiger partial charge in [0.2, 0.25) is 6.79 Å². The summed E-state index contributed by atoms with van der Waals surface area (Å²) in [5.41, 5.74) is 6.69. The van der Waals surface area contributed by atoms with Crippen molar-refractivity contribution < 1.29 is 52.0 Å². The standard InChI is InChI=1S/C26H19N3O6.C2HF3O2/c27-24(28)16-2-1-15-10-19(6-3-14(15)9-16)35-21-8-5-18(12-20(21)26(31)32)29-25(30)17-4-7-22-23(11-17)34-13-33-22;3-2(4,5)1(6)7/h1-12H,13H2,(H3,27,28)(H,29,30)(H,31,32);(H,6,7). The van der Waals surface area contributed by atoms with Crippen molar-refractivity contribution in [3.05, 3.63) is 89.5 Å². The molecular formula is C28H20F3N3O8. The van der Waals surface area contributed by atoms with Crippen LogP contribution in [0.2, 0.25) is 0 Å². The molecule has 0 saturated heterocycles. The summed E-state index contributed by atoms with van der Waals surface area (Å²) in [5, 5.41) is 28.8. The van der Waals surface area contributed by atoms with Gasteiger partial charge in [-0.3, -0.25) is 10.2 Å². The number of hydrogen-bond donors (Lipinski definition) is 5. The lowest BCUT2D eigenvalue weighted by Gasteiger charge is -2.12. The van der Waals surface area contributed by atoms with Crippen molar-refractivity contribution in [2.24, 2.45) is 5.73 Å². The maximum absolute atomic E-state index is 12.7. The molecule has 6 N–H and O–H groups in total. The number of carbonyl (C=O) groups is 3. The molecule has 0 atom stereocenters. The highest BCUT2D eigenvalue weighted by atomic mass is 19.4. The summed E-state index contributed by atoms with van der Waals surface area (Å²) in [6.07, 6.45) is -5.08. The normalized spacial score (nSPS) is 11.7. The molecule has 1 heterocycles. The van der Waals surface area contributed by atoms with E-state index < -0.39 is 24.0 Å². The number of halogens is 3. The lowest BCUT2D eigenvalue weighted by atomic mass is 10.1. The van der Waals surface area contributed by atoms with Gasteiger partial charge in [0.05, 0.1) is 0 Å². The summed E-state index contributed by atoms with van der Waals surface area (Å²) < 4.78 is 48.1. The first-order chi connectivity index (χ1) is 19.8. The number of fused-ring (bicyclic) bond motifs is 2. The summed E-state index contributed by atoms with van der Waals surface area (Å²) in [7, 11) is 0. The van der Waals surface area contributed by atoms with Gasteiger partial charge in [-0.25, -0.2) is 9.59 Å². The molecule has 0 unspecified atom stereocenters. The van der Waals surface area contributed by atoms with Crippen LogP contribution in [0.4, 0.5) is 18.9 Å². The largest absolute Gasteiger partial charge is 0.490 e. The first-order valence-corrected chi connectivity index (χ1v) is 11.8. The molecule has 0 aliphatic carbocycles. The highest BCUT2D eigenvalue weighted by Crippen LogP contribution is 2.33. The van der Waals surface area contributed by atoms with E-state index >= 15 is 0 Å². The number of nitrogens with two attached hydrogens (primary N) is 1. The van der Waals surface area contributed by atoms with E-state index in [-0.39, 0.29) is 23.9 Å². The van der Waals surface area contributed by atoms with Crippen LogP contribution in [-0.4, -0.2) is 46.9 Å². The minimum Gasteiger partial charge on any atom is -0.478 e. The van der Waals surface area contributed by atoms with Crippen molar-refractivity contribution in [1.29, 1.82) is 5.41 Å². The zero-order valence-corrected chi connectivity index (χ0v) is 21.2. The number of nitrogens with one attached hydrogen (secondary N) is 2. The molecule has 0 fully saturated rings. The number of carboxylic acid groups (broad SMARTS) is 2. The predicted molar refractivity (Wildman–Crippen MR) is 143 cm³/mol. The van der Waals surface area contributed by atoms with Crippen molar-refractivity contribution in [3.8, 4) is 23.0 Å². The zero-order valence-electron chi connectivity index (χ0n) is 21.2. The Kier molecular flexibility index (Phi) is 8.17. The Hall–Kier alpha value is -5.79. The van der Waals surface area contributed by atoms with Gasteiger partial charge in [-0.15, -0.1) is 0 Å². The summed E-state index contributed by atoms with van der Waals surface area (Å²) in [4.78, 5) is 33.5. The molecular weight excluding hydrogens is 563 g/mol. The first-order valence-electron chi connectivity index (χ1n) is 11.8. The van der Waals surface area contributed by atoms with E-state index in [0.29, 0.717) is 34.1 Å². The molecule has 0 aromatic heterocycles. The lowest BCUT2D eigenvalue weighted by molar-refractivity contribution is -0.192. The average Bonchev–Trinajstić information content (AvgIpc) is 3.41. The molecule has 0 spiro atoms. The number of amides is 1. The number of aliphatic carboxylic acids is 1. The fourth-order valence-corrected chi connectivity index (χ4v) is 3.69. The smallest absolute Gasteiger partial charge is 0.478 e. The van der Waals surface area contributed by atoms with Crippen molar-refractivity contribution in [2.45, 2.75) is 6.18 Å². The van der Waals surface area contributed by atoms with Crippen LogP contribution < -0.4 is 25.3 Å². The topological polar surface area (TPSA) is 181 Å². The third-order valence-corrected chi connectivity index (χ3v) is 5.70. The number of alkyl halides is 3. The van der Waals surface area contributed by atoms with Crippen molar-refractivity contribution in [3.63, 3.8) is 0 Å². The van der Waals surface area contributed by atoms with Crippen molar-refractivity contribution >= 4 is 40.1 Å². The number of rotatable bonds is 6. The van der Waals surface area contributed by atoms with Crippen LogP contribution in [0.1, 0.15) is 26.3 Å². The number of aromatic carboxylic acids is 1. The summed E-state index contributed by atoms with van der Waals surface area (Å²) in [6.45, 7) is 0.0977. The Labute approximate surface area is 234 Å². The van der Waals surface area contributed by atoms with Crippen LogP contribution in [0, 0.1) is 5.41 Å². The second-order valence-corrected chi connectivity index (χ2v) is 8.58. The van der Waals surface area contributed by atoms with Gasteiger partial charge in [-0.05, 0) is 65.4 Å². The van der Waals surface area contributed by atoms with Gasteiger partial charge in [0.25, 0.3) is 5.91 Å². The van der Waals surface area contributed by atoms with Crippen LogP contribution in [0.15, 0.2) is 72.8 Å². The zero-order chi connectivity index (χ0) is 30.6. The summed E-state index contributed by atoms with van der Waals surface area (Å²) in [5.74, 6) is -2.81. The molecule has 5 rings (SSSR count). The molecule has 1 amide bonds. The molecule has 0 saturated carbocycles. The molecule has 0 bridgehead atoms. The maximum atomic E-state index is 12.7. The Bertz CT molecular complexity index is 1720. The second kappa shape index (κ2) is 11.8. The van der Waals surface area contributed by atoms with E-state index in [1.54, 1.807) is 54.6 Å². The molecule has 0 radical (unpaired) electrons. The van der Waals surface area contributed by atoms with E-state index in [0.717, 1.165) is 10.8 Å². The molecule has 1 aliphatic heterocycles. The number of nitrogen functional groups attached to an aromatic ring is 1. The molecule has 4 aromatic rings. The number of anilines is 1. The number of ether oxygens (including phenoxy) is 3. The molecule has 1 aliphatic rings. The maximum Gasteiger partial charge on any atom is 0.490 e. The van der Waals surface area contributed by atoms with E-state index in [1.807, 2.05) is 6.07 Å². The minimum absolute atomic E-state index is 0.0240. The Morgan fingerprint density at radius 3 is 2.17 bits per heavy atom. The third kappa shape index (κ3) is 6.85. The van der Waals surface area contributed by atoms with Gasteiger partial charge in [0, 0.05) is 16.8 Å². The van der Waals surface area contributed by atoms with Gasteiger partial charge in [0.1, 0.15) is 22.9 Å². The highest BCUT2D eigenvalue weighted by molar-refractivity contribution is 6.05.